The first-order valence-corrected chi connectivity index (χ1v) is 10.6. The molecule has 9 heteroatoms. The third kappa shape index (κ3) is 4.41. The molecule has 0 spiro atoms. The summed E-state index contributed by atoms with van der Waals surface area (Å²) in [5, 5.41) is 1.30. The molecular formula is C23H16Cl2N2O4S. The number of benzene rings is 2. The van der Waals surface area contributed by atoms with Crippen LogP contribution in [0.2, 0.25) is 10.0 Å². The van der Waals surface area contributed by atoms with Gasteiger partial charge in [0.1, 0.15) is 23.8 Å². The van der Waals surface area contributed by atoms with Crippen LogP contribution in [0.1, 0.15) is 5.76 Å². The summed E-state index contributed by atoms with van der Waals surface area (Å²) in [5.74, 6) is 0.0977. The Hall–Kier alpha value is -3.13. The number of rotatable bonds is 5. The van der Waals surface area contributed by atoms with Crippen molar-refractivity contribution >= 4 is 64.2 Å². The Labute approximate surface area is 199 Å². The van der Waals surface area contributed by atoms with Gasteiger partial charge in [-0.1, -0.05) is 23.2 Å². The van der Waals surface area contributed by atoms with E-state index in [2.05, 4.69) is 0 Å². The summed E-state index contributed by atoms with van der Waals surface area (Å²) < 4.78 is 10.7. The minimum absolute atomic E-state index is 0.151. The minimum Gasteiger partial charge on any atom is -0.468 e. The Kier molecular flexibility index (Phi) is 6.32. The van der Waals surface area contributed by atoms with Crippen LogP contribution in [0.4, 0.5) is 5.69 Å². The van der Waals surface area contributed by atoms with Gasteiger partial charge in [0.05, 0.1) is 12.8 Å². The number of nitrogens with zero attached hydrogens (tertiary/aromatic N) is 2. The third-order valence-corrected chi connectivity index (χ3v) is 5.68. The highest BCUT2D eigenvalue weighted by molar-refractivity contribution is 7.80. The van der Waals surface area contributed by atoms with Crippen LogP contribution < -0.4 is 4.90 Å². The number of methoxy groups -OCH3 is 1. The van der Waals surface area contributed by atoms with Gasteiger partial charge in [-0.05, 0) is 72.9 Å². The maximum absolute atomic E-state index is 13.3. The summed E-state index contributed by atoms with van der Waals surface area (Å²) in [5.41, 5.74) is 1.55. The first-order valence-electron chi connectivity index (χ1n) is 9.43. The highest BCUT2D eigenvalue weighted by Gasteiger charge is 2.40. The highest BCUT2D eigenvalue weighted by Crippen LogP contribution is 2.31. The summed E-state index contributed by atoms with van der Waals surface area (Å²) in [7, 11) is 1.27. The van der Waals surface area contributed by atoms with Crippen LogP contribution in [0, 0.1) is 0 Å². The van der Waals surface area contributed by atoms with Gasteiger partial charge >= 0.3 is 5.97 Å². The van der Waals surface area contributed by atoms with Crippen molar-refractivity contribution in [1.29, 1.82) is 0 Å². The first-order chi connectivity index (χ1) is 15.4. The number of furan rings is 1. The molecule has 1 fully saturated rings. The predicted molar refractivity (Wildman–Crippen MR) is 127 cm³/mol. The summed E-state index contributed by atoms with van der Waals surface area (Å²) >= 11 is 17.4. The number of hydrogen-bond acceptors (Lipinski definition) is 5. The van der Waals surface area contributed by atoms with Crippen molar-refractivity contribution in [3.63, 3.8) is 0 Å². The van der Waals surface area contributed by atoms with E-state index in [9.17, 15) is 9.59 Å². The van der Waals surface area contributed by atoms with Gasteiger partial charge in [0.25, 0.3) is 5.91 Å². The first kappa shape index (κ1) is 22.1. The van der Waals surface area contributed by atoms with Crippen LogP contribution >= 0.6 is 35.4 Å². The number of hydrogen-bond donors (Lipinski definition) is 0. The van der Waals surface area contributed by atoms with Gasteiger partial charge in [-0.2, -0.15) is 0 Å². The quantitative estimate of drug-likeness (QED) is 0.273. The fraction of sp³-hybridized carbons (Fsp3) is 0.0870. The summed E-state index contributed by atoms with van der Waals surface area (Å²) in [6, 6.07) is 17.4. The average Bonchev–Trinajstić information content (AvgIpc) is 3.34. The molecule has 0 N–H and O–H groups in total. The number of halogens is 2. The van der Waals surface area contributed by atoms with Crippen molar-refractivity contribution < 1.29 is 18.7 Å². The molecule has 0 aliphatic carbocycles. The second kappa shape index (κ2) is 9.16. The zero-order valence-electron chi connectivity index (χ0n) is 16.7. The molecule has 1 aliphatic heterocycles. The lowest BCUT2D eigenvalue weighted by Gasteiger charge is -2.19. The Morgan fingerprint density at radius 1 is 1.03 bits per heavy atom. The van der Waals surface area contributed by atoms with E-state index in [1.807, 2.05) is 12.1 Å². The van der Waals surface area contributed by atoms with Gasteiger partial charge in [0.15, 0.2) is 5.11 Å². The monoisotopic (exact) mass is 486 g/mol. The number of anilines is 1. The Morgan fingerprint density at radius 2 is 1.66 bits per heavy atom. The molecule has 32 heavy (non-hydrogen) atoms. The molecule has 0 saturated carbocycles. The van der Waals surface area contributed by atoms with Gasteiger partial charge in [-0.15, -0.1) is 0 Å². The van der Waals surface area contributed by atoms with E-state index in [-0.39, 0.29) is 17.4 Å². The number of amides is 1. The van der Waals surface area contributed by atoms with Gasteiger partial charge in [0.2, 0.25) is 0 Å². The molecule has 6 nitrogen and oxygen atoms in total. The molecule has 1 amide bonds. The molecule has 4 rings (SSSR count). The lowest BCUT2D eigenvalue weighted by atomic mass is 10.2. The molecule has 162 valence electrons. The largest absolute Gasteiger partial charge is 0.468 e. The van der Waals surface area contributed by atoms with Crippen molar-refractivity contribution in [2.45, 2.75) is 0 Å². The van der Waals surface area contributed by atoms with Crippen LogP contribution in [0.15, 0.2) is 70.8 Å². The van der Waals surface area contributed by atoms with Crippen LogP contribution in [-0.2, 0) is 14.3 Å². The van der Waals surface area contributed by atoms with Crippen LogP contribution in [0.3, 0.4) is 0 Å². The summed E-state index contributed by atoms with van der Waals surface area (Å²) in [4.78, 5) is 28.0. The van der Waals surface area contributed by atoms with E-state index < -0.39 is 11.9 Å². The SMILES string of the molecule is COC(=O)CN1C(=S)N(c2ccc(Cl)cc2)C(=O)/C1=C/c1ccc(-c2ccc(Cl)cc2)o1. The van der Waals surface area contributed by atoms with E-state index in [0.29, 0.717) is 27.3 Å². The molecule has 2 heterocycles. The predicted octanol–water partition coefficient (Wildman–Crippen LogP) is 5.40. The molecule has 0 unspecified atom stereocenters. The molecular weight excluding hydrogens is 471 g/mol. The molecule has 1 aromatic heterocycles. The van der Waals surface area contributed by atoms with Crippen molar-refractivity contribution in [3.8, 4) is 11.3 Å². The average molecular weight is 487 g/mol. The zero-order valence-corrected chi connectivity index (χ0v) is 19.1. The lowest BCUT2D eigenvalue weighted by Crippen LogP contribution is -2.35. The second-order valence-electron chi connectivity index (χ2n) is 6.80. The maximum atomic E-state index is 13.3. The van der Waals surface area contributed by atoms with E-state index in [0.717, 1.165) is 5.56 Å². The van der Waals surface area contributed by atoms with Gasteiger partial charge in [0, 0.05) is 21.7 Å². The Morgan fingerprint density at radius 3 is 2.28 bits per heavy atom. The maximum Gasteiger partial charge on any atom is 0.325 e. The van der Waals surface area contributed by atoms with Crippen LogP contribution in [0.5, 0.6) is 0 Å². The van der Waals surface area contributed by atoms with E-state index >= 15 is 0 Å². The standard InChI is InChI=1S/C23H16Cl2N2O4S/c1-30-21(28)13-26-19(22(29)27(23(26)32)17-8-6-16(25)7-9-17)12-18-10-11-20(31-18)14-2-4-15(24)5-3-14/h2-12H,13H2,1H3/b19-12-. The Balaban J connectivity index is 1.71. The molecule has 2 aromatic carbocycles. The van der Waals surface area contributed by atoms with Crippen molar-refractivity contribution in [1.82, 2.24) is 4.90 Å². The fourth-order valence-corrected chi connectivity index (χ4v) is 3.78. The molecule has 0 bridgehead atoms. The number of esters is 1. The van der Waals surface area contributed by atoms with Crippen molar-refractivity contribution in [3.05, 3.63) is 82.2 Å². The number of ether oxygens (including phenoxy) is 1. The van der Waals surface area contributed by atoms with E-state index in [4.69, 9.17) is 44.6 Å². The topological polar surface area (TPSA) is 63.0 Å². The number of thiocarbonyl (C=S) groups is 1. The van der Waals surface area contributed by atoms with Crippen LogP contribution in [0.25, 0.3) is 17.4 Å². The van der Waals surface area contributed by atoms with Gasteiger partial charge < -0.3 is 14.1 Å². The van der Waals surface area contributed by atoms with Gasteiger partial charge in [-0.3, -0.25) is 14.5 Å². The summed E-state index contributed by atoms with van der Waals surface area (Å²) in [6.45, 7) is -0.220. The lowest BCUT2D eigenvalue weighted by molar-refractivity contribution is -0.140. The highest BCUT2D eigenvalue weighted by atomic mass is 35.5. The normalized spacial score (nSPS) is 15.0. The smallest absolute Gasteiger partial charge is 0.325 e. The second-order valence-corrected chi connectivity index (χ2v) is 8.04. The van der Waals surface area contributed by atoms with Gasteiger partial charge in [-0.25, -0.2) is 0 Å². The third-order valence-electron chi connectivity index (χ3n) is 4.77. The van der Waals surface area contributed by atoms with E-state index in [1.165, 1.54) is 16.9 Å². The molecule has 0 atom stereocenters. The molecule has 1 saturated heterocycles. The number of carbonyl (C=O) groups is 2. The van der Waals surface area contributed by atoms with E-state index in [1.54, 1.807) is 54.6 Å². The van der Waals surface area contributed by atoms with Crippen molar-refractivity contribution in [2.24, 2.45) is 0 Å². The summed E-state index contributed by atoms with van der Waals surface area (Å²) in [6.07, 6.45) is 1.55. The van der Waals surface area contributed by atoms with Crippen LogP contribution in [-0.4, -0.2) is 35.5 Å². The minimum atomic E-state index is -0.537. The molecule has 1 aliphatic rings. The molecule has 0 radical (unpaired) electrons. The number of carbonyl (C=O) groups excluding carboxylic acids is 2. The zero-order chi connectivity index (χ0) is 22.8. The molecule has 3 aromatic rings. The van der Waals surface area contributed by atoms with Crippen molar-refractivity contribution in [2.75, 3.05) is 18.6 Å². The fourth-order valence-electron chi connectivity index (χ4n) is 3.18. The Bertz CT molecular complexity index is 1220.